The Balaban J connectivity index is 1.64. The third-order valence-electron chi connectivity index (χ3n) is 5.64. The Morgan fingerprint density at radius 2 is 1.64 bits per heavy atom. The molecule has 1 aliphatic rings. The van der Waals surface area contributed by atoms with Crippen molar-refractivity contribution in [3.8, 4) is 5.75 Å². The van der Waals surface area contributed by atoms with E-state index in [2.05, 4.69) is 0 Å². The lowest BCUT2D eigenvalue weighted by atomic mass is 10.1. The molecule has 1 heterocycles. The van der Waals surface area contributed by atoms with Crippen molar-refractivity contribution in [3.63, 3.8) is 0 Å². The molecule has 3 aromatic carbocycles. The maximum atomic E-state index is 13.5. The smallest absolute Gasteiger partial charge is 0.308 e. The van der Waals surface area contributed by atoms with Crippen molar-refractivity contribution < 1.29 is 28.8 Å². The largest absolute Gasteiger partial charge is 0.427 e. The minimum Gasteiger partial charge on any atom is -0.427 e. The van der Waals surface area contributed by atoms with Crippen LogP contribution in [0.5, 0.6) is 5.75 Å². The number of hydrogen-bond acceptors (Lipinski definition) is 7. The van der Waals surface area contributed by atoms with Gasteiger partial charge < -0.3 is 9.64 Å². The van der Waals surface area contributed by atoms with Gasteiger partial charge in [-0.1, -0.05) is 30.3 Å². The second kappa shape index (κ2) is 10.2. The maximum Gasteiger partial charge on any atom is 0.308 e. The zero-order valence-corrected chi connectivity index (χ0v) is 19.2. The van der Waals surface area contributed by atoms with Gasteiger partial charge in [0, 0.05) is 31.2 Å². The molecule has 0 aromatic heterocycles. The van der Waals surface area contributed by atoms with Crippen LogP contribution in [0.2, 0.25) is 0 Å². The molecule has 4 rings (SSSR count). The second-order valence-corrected chi connectivity index (χ2v) is 8.10. The quantitative estimate of drug-likeness (QED) is 0.164. The molecule has 1 unspecified atom stereocenters. The van der Waals surface area contributed by atoms with E-state index in [0.717, 1.165) is 10.5 Å². The van der Waals surface area contributed by atoms with Gasteiger partial charge in [0.2, 0.25) is 5.91 Å². The fourth-order valence-electron chi connectivity index (χ4n) is 3.96. The second-order valence-electron chi connectivity index (χ2n) is 8.10. The van der Waals surface area contributed by atoms with Crippen LogP contribution in [0.3, 0.4) is 0 Å². The van der Waals surface area contributed by atoms with Crippen LogP contribution in [-0.2, 0) is 20.9 Å². The number of nitro groups is 1. The zero-order chi connectivity index (χ0) is 25.8. The Morgan fingerprint density at radius 3 is 2.22 bits per heavy atom. The molecule has 0 radical (unpaired) electrons. The summed E-state index contributed by atoms with van der Waals surface area (Å²) in [5.41, 5.74) is 1.01. The third-order valence-corrected chi connectivity index (χ3v) is 5.64. The van der Waals surface area contributed by atoms with Gasteiger partial charge in [-0.2, -0.15) is 0 Å². The van der Waals surface area contributed by atoms with E-state index in [4.69, 9.17) is 4.74 Å². The van der Waals surface area contributed by atoms with Crippen molar-refractivity contribution in [2.24, 2.45) is 0 Å². The van der Waals surface area contributed by atoms with Gasteiger partial charge in [0.25, 0.3) is 17.5 Å². The highest BCUT2D eigenvalue weighted by atomic mass is 16.6. The van der Waals surface area contributed by atoms with E-state index in [9.17, 15) is 29.3 Å². The van der Waals surface area contributed by atoms with Gasteiger partial charge in [-0.15, -0.1) is 0 Å². The minimum absolute atomic E-state index is 0.0551. The number of imide groups is 1. The van der Waals surface area contributed by atoms with E-state index < -0.39 is 34.7 Å². The molecule has 1 aliphatic heterocycles. The lowest BCUT2D eigenvalue weighted by Gasteiger charge is -2.28. The first kappa shape index (κ1) is 24.3. The summed E-state index contributed by atoms with van der Waals surface area (Å²) in [7, 11) is 0. The summed E-state index contributed by atoms with van der Waals surface area (Å²) < 4.78 is 4.99. The van der Waals surface area contributed by atoms with Crippen LogP contribution in [0, 0.1) is 10.1 Å². The number of rotatable bonds is 7. The summed E-state index contributed by atoms with van der Waals surface area (Å²) in [5.74, 6) is -1.84. The number of non-ortho nitro benzene ring substituents is 1. The molecule has 10 nitrogen and oxygen atoms in total. The third kappa shape index (κ3) is 5.12. The summed E-state index contributed by atoms with van der Waals surface area (Å²) in [6.45, 7) is 1.31. The van der Waals surface area contributed by atoms with Crippen LogP contribution < -0.4 is 9.64 Å². The van der Waals surface area contributed by atoms with E-state index in [1.165, 1.54) is 60.4 Å². The molecular formula is C26H21N3O7. The SMILES string of the molecule is CC(=O)Oc1ccc(N2C(=O)CC(N(Cc3ccccc3)C(=O)c3ccc([N+](=O)[O-])cc3)C2=O)cc1. The van der Waals surface area contributed by atoms with Crippen LogP contribution in [0.25, 0.3) is 0 Å². The molecule has 1 atom stereocenters. The van der Waals surface area contributed by atoms with Gasteiger partial charge in [-0.3, -0.25) is 29.3 Å². The van der Waals surface area contributed by atoms with E-state index in [0.29, 0.717) is 0 Å². The van der Waals surface area contributed by atoms with Gasteiger partial charge in [0.15, 0.2) is 0 Å². The Bertz CT molecular complexity index is 1320. The molecule has 36 heavy (non-hydrogen) atoms. The summed E-state index contributed by atoms with van der Waals surface area (Å²) in [5, 5.41) is 11.0. The van der Waals surface area contributed by atoms with Crippen molar-refractivity contribution in [2.75, 3.05) is 4.90 Å². The normalized spacial score (nSPS) is 15.0. The van der Waals surface area contributed by atoms with E-state index >= 15 is 0 Å². The highest BCUT2D eigenvalue weighted by Gasteiger charge is 2.44. The molecule has 0 saturated carbocycles. The highest BCUT2D eigenvalue weighted by Crippen LogP contribution is 2.29. The van der Waals surface area contributed by atoms with Gasteiger partial charge in [0.05, 0.1) is 17.0 Å². The summed E-state index contributed by atoms with van der Waals surface area (Å²) >= 11 is 0. The van der Waals surface area contributed by atoms with Crippen molar-refractivity contribution in [1.29, 1.82) is 0 Å². The number of nitrogens with zero attached hydrogens (tertiary/aromatic N) is 3. The average molecular weight is 487 g/mol. The Labute approximate surface area is 205 Å². The molecule has 0 aliphatic carbocycles. The van der Waals surface area contributed by atoms with Crippen LogP contribution in [-0.4, -0.2) is 39.6 Å². The predicted molar refractivity (Wildman–Crippen MR) is 128 cm³/mol. The topological polar surface area (TPSA) is 127 Å². The number of esters is 1. The van der Waals surface area contributed by atoms with Crippen molar-refractivity contribution >= 4 is 35.1 Å². The van der Waals surface area contributed by atoms with Crippen LogP contribution >= 0.6 is 0 Å². The lowest BCUT2D eigenvalue weighted by molar-refractivity contribution is -0.384. The van der Waals surface area contributed by atoms with Crippen molar-refractivity contribution in [3.05, 3.63) is 100 Å². The predicted octanol–water partition coefficient (Wildman–Crippen LogP) is 3.49. The summed E-state index contributed by atoms with van der Waals surface area (Å²) in [4.78, 5) is 63.7. The first-order valence-electron chi connectivity index (χ1n) is 11.0. The molecular weight excluding hydrogens is 466 g/mol. The maximum absolute atomic E-state index is 13.5. The molecule has 1 saturated heterocycles. The molecule has 182 valence electrons. The highest BCUT2D eigenvalue weighted by molar-refractivity contribution is 6.23. The fraction of sp³-hybridized carbons (Fsp3) is 0.154. The fourth-order valence-corrected chi connectivity index (χ4v) is 3.96. The molecule has 1 fully saturated rings. The Kier molecular flexibility index (Phi) is 6.86. The number of hydrogen-bond donors (Lipinski definition) is 0. The average Bonchev–Trinajstić information content (AvgIpc) is 3.16. The van der Waals surface area contributed by atoms with E-state index in [1.807, 2.05) is 6.07 Å². The van der Waals surface area contributed by atoms with E-state index in [-0.39, 0.29) is 35.7 Å². The van der Waals surface area contributed by atoms with Gasteiger partial charge in [-0.05, 0) is 42.0 Å². The molecule has 3 aromatic rings. The minimum atomic E-state index is -1.08. The first-order chi connectivity index (χ1) is 17.2. The number of carbonyl (C=O) groups is 4. The summed E-state index contributed by atoms with van der Waals surface area (Å²) in [6, 6.07) is 18.9. The number of benzene rings is 3. The van der Waals surface area contributed by atoms with Crippen LogP contribution in [0.4, 0.5) is 11.4 Å². The number of ether oxygens (including phenoxy) is 1. The Hall–Kier alpha value is -4.86. The molecule has 3 amide bonds. The molecule has 0 spiro atoms. The zero-order valence-electron chi connectivity index (χ0n) is 19.2. The number of carbonyl (C=O) groups excluding carboxylic acids is 4. The van der Waals surface area contributed by atoms with Crippen molar-refractivity contribution in [2.45, 2.75) is 25.9 Å². The molecule has 0 N–H and O–H groups in total. The van der Waals surface area contributed by atoms with Crippen molar-refractivity contribution in [1.82, 2.24) is 4.90 Å². The van der Waals surface area contributed by atoms with Gasteiger partial charge >= 0.3 is 5.97 Å². The van der Waals surface area contributed by atoms with Crippen LogP contribution in [0.15, 0.2) is 78.9 Å². The monoisotopic (exact) mass is 487 g/mol. The summed E-state index contributed by atoms with van der Waals surface area (Å²) in [6.07, 6.45) is -0.226. The molecule has 10 heteroatoms. The number of anilines is 1. The van der Waals surface area contributed by atoms with Gasteiger partial charge in [-0.25, -0.2) is 4.90 Å². The van der Waals surface area contributed by atoms with E-state index in [1.54, 1.807) is 24.3 Å². The number of nitro benzene ring substituents is 1. The standard InChI is InChI=1S/C26H21N3O7/c1-17(30)36-22-13-11-20(12-14-22)28-24(31)15-23(26(28)33)27(16-18-5-3-2-4-6-18)25(32)19-7-9-21(10-8-19)29(34)35/h2-14,23H,15-16H2,1H3. The van der Waals surface area contributed by atoms with Crippen LogP contribution in [0.1, 0.15) is 29.3 Å². The molecule has 0 bridgehead atoms. The lowest BCUT2D eigenvalue weighted by Crippen LogP contribution is -2.45. The number of amides is 3. The Morgan fingerprint density at radius 1 is 1.00 bits per heavy atom. The van der Waals surface area contributed by atoms with Gasteiger partial charge in [0.1, 0.15) is 11.8 Å². The first-order valence-corrected chi connectivity index (χ1v) is 11.0.